The van der Waals surface area contributed by atoms with Crippen LogP contribution in [0.15, 0.2) is 11.6 Å². The van der Waals surface area contributed by atoms with Crippen LogP contribution in [-0.4, -0.2) is 11.0 Å². The zero-order valence-electron chi connectivity index (χ0n) is 8.16. The Morgan fingerprint density at radius 1 is 1.54 bits per heavy atom. The summed E-state index contributed by atoms with van der Waals surface area (Å²) in [5.41, 5.74) is 0. The van der Waals surface area contributed by atoms with Gasteiger partial charge in [0.1, 0.15) is 5.01 Å². The Hall–Kier alpha value is -0.410. The number of aromatic nitrogens is 1. The van der Waals surface area contributed by atoms with Crippen molar-refractivity contribution in [1.29, 1.82) is 0 Å². The van der Waals surface area contributed by atoms with E-state index in [-0.39, 0.29) is 0 Å². The Labute approximate surface area is 83.4 Å². The second-order valence-electron chi connectivity index (χ2n) is 4.01. The number of nitrogens with one attached hydrogen (secondary N) is 1. The summed E-state index contributed by atoms with van der Waals surface area (Å²) in [6.45, 7) is 4.39. The average molecular weight is 196 g/mol. The molecule has 2 nitrogen and oxygen atoms in total. The maximum Gasteiger partial charge on any atom is 0.110 e. The normalized spacial score (nSPS) is 19.3. The molecular formula is C10H16N2S. The fourth-order valence-electron chi connectivity index (χ4n) is 1.59. The Kier molecular flexibility index (Phi) is 2.65. The van der Waals surface area contributed by atoms with E-state index in [0.717, 1.165) is 5.92 Å². The van der Waals surface area contributed by atoms with E-state index in [9.17, 15) is 0 Å². The van der Waals surface area contributed by atoms with Crippen LogP contribution in [0.5, 0.6) is 0 Å². The predicted molar refractivity (Wildman–Crippen MR) is 55.9 cm³/mol. The van der Waals surface area contributed by atoms with Crippen LogP contribution in [0.3, 0.4) is 0 Å². The first-order valence-electron chi connectivity index (χ1n) is 4.93. The quantitative estimate of drug-likeness (QED) is 0.800. The maximum absolute atomic E-state index is 4.39. The number of hydrogen-bond donors (Lipinski definition) is 1. The largest absolute Gasteiger partial charge is 0.305 e. The van der Waals surface area contributed by atoms with Crippen LogP contribution in [0, 0.1) is 5.92 Å². The van der Waals surface area contributed by atoms with E-state index in [0.29, 0.717) is 12.1 Å². The van der Waals surface area contributed by atoms with Crippen LogP contribution in [-0.2, 0) is 0 Å². The van der Waals surface area contributed by atoms with Gasteiger partial charge in [-0.25, -0.2) is 4.98 Å². The summed E-state index contributed by atoms with van der Waals surface area (Å²) in [5.74, 6) is 0.841. The summed E-state index contributed by atoms with van der Waals surface area (Å²) in [4.78, 5) is 4.39. The van der Waals surface area contributed by atoms with Crippen molar-refractivity contribution in [3.8, 4) is 0 Å². The van der Waals surface area contributed by atoms with Crippen LogP contribution >= 0.6 is 11.3 Å². The van der Waals surface area contributed by atoms with Crippen molar-refractivity contribution in [3.05, 3.63) is 16.6 Å². The van der Waals surface area contributed by atoms with Crippen molar-refractivity contribution < 1.29 is 0 Å². The van der Waals surface area contributed by atoms with Gasteiger partial charge in [-0.15, -0.1) is 11.3 Å². The minimum atomic E-state index is 0.514. The molecule has 1 aromatic heterocycles. The van der Waals surface area contributed by atoms with E-state index >= 15 is 0 Å². The highest BCUT2D eigenvalue weighted by Crippen LogP contribution is 2.41. The fraction of sp³-hybridized carbons (Fsp3) is 0.700. The highest BCUT2D eigenvalue weighted by molar-refractivity contribution is 7.09. The molecular weight excluding hydrogens is 180 g/mol. The van der Waals surface area contributed by atoms with Crippen molar-refractivity contribution in [3.63, 3.8) is 0 Å². The third-order valence-corrected chi connectivity index (χ3v) is 3.18. The summed E-state index contributed by atoms with van der Waals surface area (Å²) < 4.78 is 0. The molecule has 1 fully saturated rings. The molecule has 1 atom stereocenters. The number of nitrogens with zero attached hydrogens (tertiary/aromatic N) is 1. The van der Waals surface area contributed by atoms with Gasteiger partial charge in [-0.3, -0.25) is 0 Å². The first-order valence-corrected chi connectivity index (χ1v) is 5.81. The summed E-state index contributed by atoms with van der Waals surface area (Å²) in [7, 11) is 0. The molecule has 1 aliphatic carbocycles. The Balaban J connectivity index is 2.05. The second-order valence-corrected chi connectivity index (χ2v) is 4.93. The third kappa shape index (κ3) is 2.29. The predicted octanol–water partition coefficient (Wildman–Crippen LogP) is 2.59. The summed E-state index contributed by atoms with van der Waals surface area (Å²) >= 11 is 1.77. The molecule has 0 amide bonds. The van der Waals surface area contributed by atoms with Gasteiger partial charge in [-0.2, -0.15) is 0 Å². The molecule has 1 aromatic rings. The lowest BCUT2D eigenvalue weighted by molar-refractivity contribution is 0.435. The Morgan fingerprint density at radius 2 is 2.31 bits per heavy atom. The van der Waals surface area contributed by atoms with Gasteiger partial charge < -0.3 is 5.32 Å². The molecule has 0 bridgehead atoms. The minimum Gasteiger partial charge on any atom is -0.305 e. The lowest BCUT2D eigenvalue weighted by Crippen LogP contribution is -2.29. The number of thiazole rings is 1. The monoisotopic (exact) mass is 196 g/mol. The number of rotatable bonds is 4. The van der Waals surface area contributed by atoms with Crippen LogP contribution in [0.1, 0.15) is 37.7 Å². The molecule has 3 heteroatoms. The van der Waals surface area contributed by atoms with Crippen molar-refractivity contribution in [2.24, 2.45) is 5.92 Å². The summed E-state index contributed by atoms with van der Waals surface area (Å²) in [5, 5.41) is 6.91. The molecule has 1 unspecified atom stereocenters. The van der Waals surface area contributed by atoms with Crippen LogP contribution < -0.4 is 5.32 Å². The standard InChI is InChI=1S/C10H16N2S/c1-7(2)12-9(8-3-4-8)10-11-5-6-13-10/h5-9,12H,3-4H2,1-2H3. The molecule has 72 valence electrons. The van der Waals surface area contributed by atoms with Gasteiger partial charge in [-0.1, -0.05) is 13.8 Å². The van der Waals surface area contributed by atoms with Crippen LogP contribution in [0.4, 0.5) is 0 Å². The molecule has 0 saturated heterocycles. The van der Waals surface area contributed by atoms with Gasteiger partial charge in [0.15, 0.2) is 0 Å². The van der Waals surface area contributed by atoms with Crippen LogP contribution in [0.2, 0.25) is 0 Å². The zero-order valence-corrected chi connectivity index (χ0v) is 8.97. The second kappa shape index (κ2) is 3.76. The smallest absolute Gasteiger partial charge is 0.110 e. The van der Waals surface area contributed by atoms with E-state index in [1.807, 2.05) is 6.20 Å². The molecule has 0 aromatic carbocycles. The van der Waals surface area contributed by atoms with E-state index in [1.54, 1.807) is 11.3 Å². The van der Waals surface area contributed by atoms with E-state index in [1.165, 1.54) is 17.8 Å². The van der Waals surface area contributed by atoms with Gasteiger partial charge in [0.05, 0.1) is 6.04 Å². The molecule has 0 radical (unpaired) electrons. The zero-order chi connectivity index (χ0) is 9.26. The van der Waals surface area contributed by atoms with Crippen LogP contribution in [0.25, 0.3) is 0 Å². The topological polar surface area (TPSA) is 24.9 Å². The maximum atomic E-state index is 4.39. The van der Waals surface area contributed by atoms with Crippen molar-refractivity contribution >= 4 is 11.3 Å². The third-order valence-electron chi connectivity index (χ3n) is 2.32. The number of hydrogen-bond acceptors (Lipinski definition) is 3. The minimum absolute atomic E-state index is 0.514. The highest BCUT2D eigenvalue weighted by atomic mass is 32.1. The van der Waals surface area contributed by atoms with Gasteiger partial charge in [0.2, 0.25) is 0 Å². The van der Waals surface area contributed by atoms with Gasteiger partial charge in [0, 0.05) is 17.6 Å². The van der Waals surface area contributed by atoms with Crippen molar-refractivity contribution in [2.75, 3.05) is 0 Å². The molecule has 2 rings (SSSR count). The first kappa shape index (κ1) is 9.16. The van der Waals surface area contributed by atoms with E-state index in [4.69, 9.17) is 0 Å². The molecule has 13 heavy (non-hydrogen) atoms. The molecule has 1 aliphatic rings. The Bertz CT molecular complexity index is 252. The lowest BCUT2D eigenvalue weighted by Gasteiger charge is -2.18. The van der Waals surface area contributed by atoms with Crippen molar-refractivity contribution in [2.45, 2.75) is 38.8 Å². The fourth-order valence-corrected chi connectivity index (χ4v) is 2.38. The molecule has 1 saturated carbocycles. The first-order chi connectivity index (χ1) is 6.27. The lowest BCUT2D eigenvalue weighted by atomic mass is 10.2. The highest BCUT2D eigenvalue weighted by Gasteiger charge is 2.33. The SMILES string of the molecule is CC(C)NC(c1nccs1)C1CC1. The van der Waals surface area contributed by atoms with Gasteiger partial charge in [-0.05, 0) is 18.8 Å². The van der Waals surface area contributed by atoms with Crippen molar-refractivity contribution in [1.82, 2.24) is 10.3 Å². The summed E-state index contributed by atoms with van der Waals surface area (Å²) in [6, 6.07) is 1.06. The summed E-state index contributed by atoms with van der Waals surface area (Å²) in [6.07, 6.45) is 4.63. The van der Waals surface area contributed by atoms with Gasteiger partial charge >= 0.3 is 0 Å². The average Bonchev–Trinajstić information content (AvgIpc) is 2.77. The molecule has 0 spiro atoms. The van der Waals surface area contributed by atoms with Gasteiger partial charge in [0.25, 0.3) is 0 Å². The van der Waals surface area contributed by atoms with E-state index in [2.05, 4.69) is 29.5 Å². The molecule has 1 heterocycles. The molecule has 0 aliphatic heterocycles. The Morgan fingerprint density at radius 3 is 2.77 bits per heavy atom. The molecule has 1 N–H and O–H groups in total. The van der Waals surface area contributed by atoms with E-state index < -0.39 is 0 Å².